The number of hydrogen-bond donors (Lipinski definition) is 2. The first-order valence-electron chi connectivity index (χ1n) is 6.69. The molecule has 2 rings (SSSR count). The van der Waals surface area contributed by atoms with Crippen LogP contribution in [0.2, 0.25) is 0 Å². The van der Waals surface area contributed by atoms with Crippen LogP contribution in [0.4, 0.5) is 19.3 Å². The molecular formula is C14H16F2N4O2. The Morgan fingerprint density at radius 3 is 3.00 bits per heavy atom. The smallest absolute Gasteiger partial charge is 0.387 e. The Balaban J connectivity index is 1.72. The molecule has 0 aliphatic heterocycles. The molecule has 0 aliphatic rings. The van der Waals surface area contributed by atoms with Crippen molar-refractivity contribution >= 4 is 11.7 Å². The van der Waals surface area contributed by atoms with Gasteiger partial charge in [-0.25, -0.2) is 9.78 Å². The van der Waals surface area contributed by atoms with E-state index in [0.29, 0.717) is 12.2 Å². The van der Waals surface area contributed by atoms with Gasteiger partial charge in [-0.05, 0) is 18.6 Å². The molecular weight excluding hydrogens is 294 g/mol. The number of carbonyl (C=O) groups is 1. The Bertz CT molecular complexity index is 590. The number of hydrogen-bond acceptors (Lipinski definition) is 3. The number of ether oxygens (including phenoxy) is 1. The van der Waals surface area contributed by atoms with Gasteiger partial charge in [0.1, 0.15) is 5.75 Å². The maximum Gasteiger partial charge on any atom is 0.387 e. The number of alkyl halides is 2. The fraction of sp³-hybridized carbons (Fsp3) is 0.286. The second-order valence-electron chi connectivity index (χ2n) is 4.44. The Labute approximate surface area is 126 Å². The number of rotatable bonds is 7. The monoisotopic (exact) mass is 310 g/mol. The average molecular weight is 310 g/mol. The van der Waals surface area contributed by atoms with Gasteiger partial charge in [0.2, 0.25) is 0 Å². The predicted molar refractivity (Wildman–Crippen MR) is 76.9 cm³/mol. The van der Waals surface area contributed by atoms with Crippen LogP contribution in [0.3, 0.4) is 0 Å². The van der Waals surface area contributed by atoms with Crippen LogP contribution < -0.4 is 15.4 Å². The molecule has 8 heteroatoms. The zero-order chi connectivity index (χ0) is 15.8. The van der Waals surface area contributed by atoms with E-state index in [1.165, 1.54) is 18.2 Å². The Kier molecular flexibility index (Phi) is 5.70. The van der Waals surface area contributed by atoms with Gasteiger partial charge in [0.25, 0.3) is 0 Å². The van der Waals surface area contributed by atoms with Crippen molar-refractivity contribution in [3.63, 3.8) is 0 Å². The van der Waals surface area contributed by atoms with Crippen molar-refractivity contribution in [3.8, 4) is 5.75 Å². The zero-order valence-electron chi connectivity index (χ0n) is 11.7. The van der Waals surface area contributed by atoms with Crippen LogP contribution in [-0.2, 0) is 6.54 Å². The normalized spacial score (nSPS) is 10.5. The molecule has 2 amide bonds. The molecule has 6 nitrogen and oxygen atoms in total. The maximum absolute atomic E-state index is 12.1. The number of anilines is 1. The van der Waals surface area contributed by atoms with Gasteiger partial charge in [-0.2, -0.15) is 8.78 Å². The molecule has 0 bridgehead atoms. The van der Waals surface area contributed by atoms with Crippen molar-refractivity contribution in [2.75, 3.05) is 11.9 Å². The third-order valence-corrected chi connectivity index (χ3v) is 2.75. The van der Waals surface area contributed by atoms with E-state index >= 15 is 0 Å². The van der Waals surface area contributed by atoms with Gasteiger partial charge in [-0.1, -0.05) is 6.07 Å². The molecule has 0 spiro atoms. The molecule has 2 aromatic rings. The Morgan fingerprint density at radius 2 is 2.27 bits per heavy atom. The minimum atomic E-state index is -2.90. The maximum atomic E-state index is 12.1. The van der Waals surface area contributed by atoms with Crippen LogP contribution >= 0.6 is 0 Å². The summed E-state index contributed by atoms with van der Waals surface area (Å²) >= 11 is 0. The summed E-state index contributed by atoms with van der Waals surface area (Å²) in [5.74, 6) is -0.00657. The van der Waals surface area contributed by atoms with E-state index in [1.54, 1.807) is 18.6 Å². The number of benzene rings is 1. The molecule has 0 atom stereocenters. The second kappa shape index (κ2) is 7.96. The molecule has 1 aromatic heterocycles. The van der Waals surface area contributed by atoms with Gasteiger partial charge >= 0.3 is 12.6 Å². The number of amides is 2. The van der Waals surface area contributed by atoms with E-state index < -0.39 is 12.6 Å². The topological polar surface area (TPSA) is 68.2 Å². The van der Waals surface area contributed by atoms with Crippen LogP contribution in [0.1, 0.15) is 6.42 Å². The molecule has 0 radical (unpaired) electrons. The number of carbonyl (C=O) groups excluding carboxylic acids is 1. The SMILES string of the molecule is O=C(NCCCn1ccnc1)Nc1cccc(OC(F)F)c1. The lowest BCUT2D eigenvalue weighted by Crippen LogP contribution is -2.30. The molecule has 1 heterocycles. The Morgan fingerprint density at radius 1 is 1.41 bits per heavy atom. The van der Waals surface area contributed by atoms with Crippen molar-refractivity contribution in [2.24, 2.45) is 0 Å². The first kappa shape index (κ1) is 15.7. The van der Waals surface area contributed by atoms with Crippen molar-refractivity contribution in [2.45, 2.75) is 19.6 Å². The molecule has 118 valence electrons. The third-order valence-electron chi connectivity index (χ3n) is 2.75. The minimum absolute atomic E-state index is 0.00657. The molecule has 1 aromatic carbocycles. The van der Waals surface area contributed by atoms with E-state index in [9.17, 15) is 13.6 Å². The highest BCUT2D eigenvalue weighted by Crippen LogP contribution is 2.19. The molecule has 0 aliphatic carbocycles. The summed E-state index contributed by atoms with van der Waals surface area (Å²) in [6, 6.07) is 5.42. The summed E-state index contributed by atoms with van der Waals surface area (Å²) in [5.41, 5.74) is 0.380. The summed E-state index contributed by atoms with van der Waals surface area (Å²) in [5, 5.41) is 5.24. The van der Waals surface area contributed by atoms with Crippen LogP contribution in [-0.4, -0.2) is 28.7 Å². The molecule has 0 fully saturated rings. The molecule has 2 N–H and O–H groups in total. The number of nitrogens with zero attached hydrogens (tertiary/aromatic N) is 2. The number of urea groups is 1. The van der Waals surface area contributed by atoms with Gasteiger partial charge in [0.05, 0.1) is 6.33 Å². The highest BCUT2D eigenvalue weighted by molar-refractivity contribution is 5.89. The third kappa shape index (κ3) is 5.39. The zero-order valence-corrected chi connectivity index (χ0v) is 11.7. The van der Waals surface area contributed by atoms with E-state index in [-0.39, 0.29) is 5.75 Å². The standard InChI is InChI=1S/C14H16F2N4O2/c15-13(16)22-12-4-1-3-11(9-12)19-14(21)18-5-2-7-20-8-6-17-10-20/h1,3-4,6,8-10,13H,2,5,7H2,(H2,18,19,21). The van der Waals surface area contributed by atoms with Gasteiger partial charge in [-0.3, -0.25) is 0 Å². The summed E-state index contributed by atoms with van der Waals surface area (Å²) in [7, 11) is 0. The van der Waals surface area contributed by atoms with E-state index in [0.717, 1.165) is 13.0 Å². The number of nitrogens with one attached hydrogen (secondary N) is 2. The van der Waals surface area contributed by atoms with E-state index in [2.05, 4.69) is 20.4 Å². The number of imidazole rings is 1. The number of halogens is 2. The average Bonchev–Trinajstić information content (AvgIpc) is 2.96. The van der Waals surface area contributed by atoms with E-state index in [4.69, 9.17) is 0 Å². The van der Waals surface area contributed by atoms with Crippen molar-refractivity contribution in [1.82, 2.24) is 14.9 Å². The van der Waals surface area contributed by atoms with Crippen LogP contribution in [0.25, 0.3) is 0 Å². The van der Waals surface area contributed by atoms with Crippen LogP contribution in [0.5, 0.6) is 5.75 Å². The van der Waals surface area contributed by atoms with Crippen LogP contribution in [0, 0.1) is 0 Å². The fourth-order valence-corrected chi connectivity index (χ4v) is 1.81. The highest BCUT2D eigenvalue weighted by atomic mass is 19.3. The van der Waals surface area contributed by atoms with E-state index in [1.807, 2.05) is 10.8 Å². The highest BCUT2D eigenvalue weighted by Gasteiger charge is 2.06. The quantitative estimate of drug-likeness (QED) is 0.773. The first-order valence-corrected chi connectivity index (χ1v) is 6.69. The molecule has 0 unspecified atom stereocenters. The lowest BCUT2D eigenvalue weighted by atomic mass is 10.3. The number of aryl methyl sites for hydroxylation is 1. The summed E-state index contributed by atoms with van der Waals surface area (Å²) in [6.45, 7) is -1.66. The van der Waals surface area contributed by atoms with Gasteiger partial charge in [-0.15, -0.1) is 0 Å². The molecule has 22 heavy (non-hydrogen) atoms. The first-order chi connectivity index (χ1) is 10.6. The van der Waals surface area contributed by atoms with Crippen molar-refractivity contribution < 1.29 is 18.3 Å². The van der Waals surface area contributed by atoms with Crippen molar-refractivity contribution in [3.05, 3.63) is 43.0 Å². The van der Waals surface area contributed by atoms with Crippen LogP contribution in [0.15, 0.2) is 43.0 Å². The number of aromatic nitrogens is 2. The van der Waals surface area contributed by atoms with Gasteiger partial charge in [0.15, 0.2) is 0 Å². The molecule has 0 saturated carbocycles. The summed E-state index contributed by atoms with van der Waals surface area (Å²) < 4.78 is 30.4. The minimum Gasteiger partial charge on any atom is -0.435 e. The predicted octanol–water partition coefficient (Wildman–Crippen LogP) is 2.70. The summed E-state index contributed by atoms with van der Waals surface area (Å²) in [4.78, 5) is 15.6. The molecule has 0 saturated heterocycles. The van der Waals surface area contributed by atoms with Crippen molar-refractivity contribution in [1.29, 1.82) is 0 Å². The second-order valence-corrected chi connectivity index (χ2v) is 4.44. The lowest BCUT2D eigenvalue weighted by molar-refractivity contribution is -0.0497. The summed E-state index contributed by atoms with van der Waals surface area (Å²) in [6.07, 6.45) is 5.98. The Hall–Kier alpha value is -2.64. The van der Waals surface area contributed by atoms with Gasteiger partial charge < -0.3 is 19.9 Å². The lowest BCUT2D eigenvalue weighted by Gasteiger charge is -2.09. The van der Waals surface area contributed by atoms with Gasteiger partial charge in [0, 0.05) is 37.2 Å². The fourth-order valence-electron chi connectivity index (χ4n) is 1.81. The largest absolute Gasteiger partial charge is 0.435 e.